The summed E-state index contributed by atoms with van der Waals surface area (Å²) in [5.41, 5.74) is 0. The van der Waals surface area contributed by atoms with Gasteiger partial charge in [0.05, 0.1) is 6.61 Å². The van der Waals surface area contributed by atoms with Crippen LogP contribution in [0.5, 0.6) is 0 Å². The van der Waals surface area contributed by atoms with Gasteiger partial charge in [-0.1, -0.05) is 96.5 Å². The van der Waals surface area contributed by atoms with Crippen LogP contribution in [0.4, 0.5) is 0 Å². The lowest BCUT2D eigenvalue weighted by molar-refractivity contribution is -0.732. The number of aromatic nitrogens is 1. The van der Waals surface area contributed by atoms with E-state index in [4.69, 9.17) is 4.74 Å². The molecule has 0 atom stereocenters. The summed E-state index contributed by atoms with van der Waals surface area (Å²) in [4.78, 5) is 0. The summed E-state index contributed by atoms with van der Waals surface area (Å²) in [5.74, 6) is 0. The lowest BCUT2D eigenvalue weighted by Crippen LogP contribution is -2.33. The Bertz CT molecular complexity index is 352. The number of pyridine rings is 1. The van der Waals surface area contributed by atoms with E-state index in [2.05, 4.69) is 11.5 Å². The van der Waals surface area contributed by atoms with Gasteiger partial charge in [-0.15, -0.1) is 0 Å². The van der Waals surface area contributed by atoms with Crippen molar-refractivity contribution in [1.29, 1.82) is 0 Å². The van der Waals surface area contributed by atoms with Crippen molar-refractivity contribution in [3.05, 3.63) is 30.6 Å². The summed E-state index contributed by atoms with van der Waals surface area (Å²) in [7, 11) is 0. The van der Waals surface area contributed by atoms with Gasteiger partial charge in [-0.3, -0.25) is 0 Å². The number of ether oxygens (including phenoxy) is 1. The summed E-state index contributed by atoms with van der Waals surface area (Å²) < 4.78 is 7.76. The largest absolute Gasteiger partial charge is 0.323 e. The van der Waals surface area contributed by atoms with Gasteiger partial charge < -0.3 is 4.74 Å². The predicted octanol–water partition coefficient (Wildman–Crippen LogP) is 6.43. The van der Waals surface area contributed by atoms with E-state index in [-0.39, 0.29) is 0 Å². The topological polar surface area (TPSA) is 13.1 Å². The molecule has 0 spiro atoms. The third-order valence-electron chi connectivity index (χ3n) is 4.66. The summed E-state index contributed by atoms with van der Waals surface area (Å²) in [6, 6.07) is 6.11. The molecule has 0 bridgehead atoms. The first-order valence-corrected chi connectivity index (χ1v) is 10.5. The van der Waals surface area contributed by atoms with Crippen LogP contribution in [0.25, 0.3) is 0 Å². The van der Waals surface area contributed by atoms with Crippen molar-refractivity contribution in [2.75, 3.05) is 6.61 Å². The van der Waals surface area contributed by atoms with E-state index in [1.165, 1.54) is 89.9 Å². The van der Waals surface area contributed by atoms with E-state index in [0.29, 0.717) is 6.73 Å². The zero-order chi connectivity index (χ0) is 17.1. The van der Waals surface area contributed by atoms with E-state index in [9.17, 15) is 0 Å². The molecule has 0 aromatic carbocycles. The fraction of sp³-hybridized carbons (Fsp3) is 0.773. The van der Waals surface area contributed by atoms with Gasteiger partial charge in [-0.2, -0.15) is 4.57 Å². The molecule has 0 fully saturated rings. The van der Waals surface area contributed by atoms with Crippen molar-refractivity contribution in [2.24, 2.45) is 0 Å². The lowest BCUT2D eigenvalue weighted by Gasteiger charge is -2.03. The Hall–Kier alpha value is -0.890. The number of nitrogens with zero attached hydrogens (tertiary/aromatic N) is 1. The summed E-state index contributed by atoms with van der Waals surface area (Å²) >= 11 is 0. The highest BCUT2D eigenvalue weighted by molar-refractivity contribution is 4.83. The maximum absolute atomic E-state index is 5.69. The van der Waals surface area contributed by atoms with Crippen LogP contribution in [-0.4, -0.2) is 6.61 Å². The van der Waals surface area contributed by atoms with Crippen LogP contribution >= 0.6 is 0 Å². The first-order valence-electron chi connectivity index (χ1n) is 10.5. The first kappa shape index (κ1) is 21.2. The highest BCUT2D eigenvalue weighted by Crippen LogP contribution is 2.12. The molecular weight excluding hydrogens is 294 g/mol. The molecule has 1 heterocycles. The molecule has 0 saturated carbocycles. The minimum Gasteiger partial charge on any atom is -0.323 e. The standard InChI is InChI=1S/C22H40NO/c1-2-3-4-5-6-7-8-9-10-11-12-13-14-18-21-24-22-23-19-16-15-17-20-23/h15-17,19-20H,2-14,18,21-22H2,1H3/q+1. The first-order chi connectivity index (χ1) is 11.9. The molecule has 0 N–H and O–H groups in total. The normalized spacial score (nSPS) is 11.0. The summed E-state index contributed by atoms with van der Waals surface area (Å²) in [6.07, 6.45) is 23.8. The second-order valence-corrected chi connectivity index (χ2v) is 7.02. The van der Waals surface area contributed by atoms with Gasteiger partial charge in [-0.05, 0) is 6.42 Å². The molecule has 2 nitrogen and oxygen atoms in total. The van der Waals surface area contributed by atoms with Crippen molar-refractivity contribution >= 4 is 0 Å². The molecule has 24 heavy (non-hydrogen) atoms. The van der Waals surface area contributed by atoms with Gasteiger partial charge in [-0.25, -0.2) is 0 Å². The third kappa shape index (κ3) is 13.5. The average Bonchev–Trinajstić information content (AvgIpc) is 2.62. The minimum absolute atomic E-state index is 0.680. The minimum atomic E-state index is 0.680. The van der Waals surface area contributed by atoms with Gasteiger partial charge >= 0.3 is 0 Å². The van der Waals surface area contributed by atoms with E-state index in [1.807, 2.05) is 30.6 Å². The quantitative estimate of drug-likeness (QED) is 0.236. The van der Waals surface area contributed by atoms with Crippen LogP contribution < -0.4 is 4.57 Å². The number of unbranched alkanes of at least 4 members (excludes halogenated alkanes) is 13. The highest BCUT2D eigenvalue weighted by atomic mass is 16.5. The van der Waals surface area contributed by atoms with Gasteiger partial charge in [0.1, 0.15) is 0 Å². The zero-order valence-corrected chi connectivity index (χ0v) is 16.1. The fourth-order valence-corrected chi connectivity index (χ4v) is 3.09. The van der Waals surface area contributed by atoms with Crippen molar-refractivity contribution in [3.63, 3.8) is 0 Å². The molecule has 0 saturated heterocycles. The lowest BCUT2D eigenvalue weighted by atomic mass is 10.0. The molecule has 1 aromatic heterocycles. The second kappa shape index (κ2) is 17.0. The van der Waals surface area contributed by atoms with Crippen LogP contribution in [-0.2, 0) is 11.5 Å². The van der Waals surface area contributed by atoms with Crippen molar-refractivity contribution < 1.29 is 9.30 Å². The van der Waals surface area contributed by atoms with Crippen LogP contribution in [0.15, 0.2) is 30.6 Å². The SMILES string of the molecule is CCCCCCCCCCCCCCCCOC[n+]1ccccc1. The predicted molar refractivity (Wildman–Crippen MR) is 103 cm³/mol. The number of rotatable bonds is 17. The van der Waals surface area contributed by atoms with Crippen LogP contribution in [0.3, 0.4) is 0 Å². The molecule has 0 aliphatic rings. The van der Waals surface area contributed by atoms with Gasteiger partial charge in [0.25, 0.3) is 6.73 Å². The Morgan fingerprint density at radius 2 is 1.04 bits per heavy atom. The molecule has 0 unspecified atom stereocenters. The van der Waals surface area contributed by atoms with E-state index < -0.39 is 0 Å². The molecule has 138 valence electrons. The molecule has 0 radical (unpaired) electrons. The van der Waals surface area contributed by atoms with Crippen molar-refractivity contribution in [1.82, 2.24) is 0 Å². The zero-order valence-electron chi connectivity index (χ0n) is 16.1. The molecule has 0 aliphatic heterocycles. The number of hydrogen-bond donors (Lipinski definition) is 0. The van der Waals surface area contributed by atoms with Gasteiger partial charge in [0, 0.05) is 12.1 Å². The average molecular weight is 335 g/mol. The van der Waals surface area contributed by atoms with Crippen LogP contribution in [0.1, 0.15) is 96.8 Å². The molecule has 1 rings (SSSR count). The van der Waals surface area contributed by atoms with Crippen LogP contribution in [0, 0.1) is 0 Å². The molecule has 1 aromatic rings. The van der Waals surface area contributed by atoms with E-state index in [0.717, 1.165) is 6.61 Å². The Morgan fingerprint density at radius 3 is 1.54 bits per heavy atom. The Kier molecular flexibility index (Phi) is 14.9. The highest BCUT2D eigenvalue weighted by Gasteiger charge is 1.97. The second-order valence-electron chi connectivity index (χ2n) is 7.02. The molecule has 0 amide bonds. The van der Waals surface area contributed by atoms with E-state index in [1.54, 1.807) is 0 Å². The Morgan fingerprint density at radius 1 is 0.583 bits per heavy atom. The Balaban J connectivity index is 1.70. The summed E-state index contributed by atoms with van der Waals surface area (Å²) in [5, 5.41) is 0. The van der Waals surface area contributed by atoms with Crippen LogP contribution in [0.2, 0.25) is 0 Å². The molecular formula is C22H40NO+. The van der Waals surface area contributed by atoms with E-state index >= 15 is 0 Å². The molecule has 0 aliphatic carbocycles. The maximum atomic E-state index is 5.69. The van der Waals surface area contributed by atoms with Gasteiger partial charge in [0.2, 0.25) is 0 Å². The maximum Gasteiger partial charge on any atom is 0.252 e. The smallest absolute Gasteiger partial charge is 0.252 e. The monoisotopic (exact) mass is 334 g/mol. The number of hydrogen-bond acceptors (Lipinski definition) is 1. The van der Waals surface area contributed by atoms with Gasteiger partial charge in [0.15, 0.2) is 12.4 Å². The fourth-order valence-electron chi connectivity index (χ4n) is 3.09. The summed E-state index contributed by atoms with van der Waals surface area (Å²) in [6.45, 7) is 3.86. The van der Waals surface area contributed by atoms with Crippen molar-refractivity contribution in [2.45, 2.75) is 104 Å². The molecule has 2 heteroatoms. The Labute approximate surface area is 150 Å². The third-order valence-corrected chi connectivity index (χ3v) is 4.66. The van der Waals surface area contributed by atoms with Crippen molar-refractivity contribution in [3.8, 4) is 0 Å².